The molecule has 4 aromatic rings. The van der Waals surface area contributed by atoms with Gasteiger partial charge in [-0.2, -0.15) is 15.0 Å². The Labute approximate surface area is 325 Å². The Morgan fingerprint density at radius 1 is 0.421 bits per heavy atom. The molecule has 3 N–H and O–H groups in total. The van der Waals surface area contributed by atoms with Crippen LogP contribution in [-0.2, 0) is 42.8 Å². The summed E-state index contributed by atoms with van der Waals surface area (Å²) in [4.78, 5) is 85.1. The summed E-state index contributed by atoms with van der Waals surface area (Å²) in [6.45, 7) is 13.0. The average Bonchev–Trinajstić information content (AvgIpc) is 3.18. The van der Waals surface area contributed by atoms with E-state index >= 15 is 0 Å². The van der Waals surface area contributed by atoms with Gasteiger partial charge in [0.2, 0.25) is 38.2 Å². The van der Waals surface area contributed by atoms with Crippen molar-refractivity contribution in [3.63, 3.8) is 0 Å². The van der Waals surface area contributed by atoms with Gasteiger partial charge in [-0.05, 0) is 93.6 Å². The zero-order valence-electron chi connectivity index (χ0n) is 30.9. The van der Waals surface area contributed by atoms with Crippen LogP contribution in [0.3, 0.4) is 0 Å². The highest BCUT2D eigenvalue weighted by molar-refractivity contribution is 5.92. The van der Waals surface area contributed by atoms with Crippen LogP contribution >= 0.6 is 0 Å². The molecule has 0 aliphatic rings. The second kappa shape index (κ2) is 20.0. The first-order valence-electron chi connectivity index (χ1n) is 16.5. The molecule has 1 heterocycles. The summed E-state index contributed by atoms with van der Waals surface area (Å²) in [5.41, 5.74) is 2.40. The fourth-order valence-corrected chi connectivity index (χ4v) is 4.03. The highest BCUT2D eigenvalue weighted by Gasteiger charge is 2.15. The van der Waals surface area contributed by atoms with Gasteiger partial charge in [0.15, 0.2) is 0 Å². The van der Waals surface area contributed by atoms with Crippen LogP contribution in [0.2, 0.25) is 0 Å². The Bertz CT molecular complexity index is 1930. The quantitative estimate of drug-likeness (QED) is 0.0468. The molecule has 4 rings (SSSR count). The molecule has 0 saturated heterocycles. The molecule has 0 aliphatic carbocycles. The number of carbonyl (C=O) groups is 6. The van der Waals surface area contributed by atoms with Crippen molar-refractivity contribution in [3.05, 3.63) is 126 Å². The van der Waals surface area contributed by atoms with E-state index in [-0.39, 0.29) is 51.3 Å². The Balaban J connectivity index is 1.49. The Kier molecular flexibility index (Phi) is 14.7. The van der Waals surface area contributed by atoms with Crippen molar-refractivity contribution in [1.82, 2.24) is 15.0 Å². The van der Waals surface area contributed by atoms with E-state index in [2.05, 4.69) is 50.6 Å². The molecule has 18 nitrogen and oxygen atoms in total. The molecule has 0 spiro atoms. The summed E-state index contributed by atoms with van der Waals surface area (Å²) in [5, 5.41) is 9.09. The molecule has 3 aromatic carbocycles. The highest BCUT2D eigenvalue weighted by Crippen LogP contribution is 2.22. The Morgan fingerprint density at radius 3 is 0.860 bits per heavy atom. The van der Waals surface area contributed by atoms with E-state index in [1.165, 1.54) is 57.2 Å². The molecule has 0 bridgehead atoms. The lowest BCUT2D eigenvalue weighted by Gasteiger charge is -2.12. The van der Waals surface area contributed by atoms with Crippen molar-refractivity contribution < 1.29 is 57.2 Å². The summed E-state index contributed by atoms with van der Waals surface area (Å²) in [6, 6.07) is 18.2. The smallest absolute Gasteiger partial charge is 0.341 e. The van der Waals surface area contributed by atoms with E-state index in [1.54, 1.807) is 36.4 Å². The van der Waals surface area contributed by atoms with Gasteiger partial charge in [-0.1, -0.05) is 19.7 Å². The van der Waals surface area contributed by atoms with E-state index in [4.69, 9.17) is 28.4 Å². The van der Waals surface area contributed by atoms with Gasteiger partial charge in [-0.3, -0.25) is 0 Å². The van der Waals surface area contributed by atoms with Gasteiger partial charge in [0.1, 0.15) is 0 Å². The molecule has 1 aromatic heterocycles. The third-order valence-electron chi connectivity index (χ3n) is 6.95. The predicted octanol–water partition coefficient (Wildman–Crippen LogP) is 5.80. The van der Waals surface area contributed by atoms with Gasteiger partial charge < -0.3 is 44.4 Å². The molecule has 0 saturated carbocycles. The van der Waals surface area contributed by atoms with Crippen molar-refractivity contribution in [2.24, 2.45) is 0 Å². The predicted molar refractivity (Wildman–Crippen MR) is 203 cm³/mol. The monoisotopic (exact) mass is 780 g/mol. The number of ether oxygens (including phenoxy) is 6. The molecule has 294 valence electrons. The molecule has 0 radical (unpaired) electrons. The molecule has 0 fully saturated rings. The molecule has 0 amide bonds. The lowest BCUT2D eigenvalue weighted by Crippen LogP contribution is -2.13. The van der Waals surface area contributed by atoms with Gasteiger partial charge in [-0.25, -0.2) is 28.8 Å². The van der Waals surface area contributed by atoms with Crippen molar-refractivity contribution in [3.8, 4) is 0 Å². The van der Waals surface area contributed by atoms with Crippen molar-refractivity contribution in [2.75, 3.05) is 36.3 Å². The molecule has 57 heavy (non-hydrogen) atoms. The summed E-state index contributed by atoms with van der Waals surface area (Å²) in [6.07, 6.45) is 0. The number of hydrogen-bond acceptors (Lipinski definition) is 18. The largest absolute Gasteiger partial charge is 0.425 e. The zero-order chi connectivity index (χ0) is 41.5. The van der Waals surface area contributed by atoms with Crippen molar-refractivity contribution >= 4 is 70.7 Å². The van der Waals surface area contributed by atoms with Crippen molar-refractivity contribution in [1.29, 1.82) is 0 Å². The maximum absolute atomic E-state index is 12.4. The fraction of sp³-hybridized carbons (Fsp3) is 0.154. The number of benzene rings is 3. The van der Waals surface area contributed by atoms with E-state index < -0.39 is 56.2 Å². The van der Waals surface area contributed by atoms with Crippen LogP contribution in [-0.4, -0.2) is 71.1 Å². The standard InChI is InChI=1S/C39H36N6O12/c1-22(2)31(46)52-19-55-34(49)25-7-13-28(14-8-25)40-37-43-38(41-29-15-9-26(10-16-29)35(50)56-20-53-32(47)23(3)4)45-39(44-37)42-30-17-11-27(12-18-30)36(51)57-21-54-33(48)24(5)6/h7-18H,1,3,5,19-21H2,2,4,6H3,(H3,40,41,42,43,44,45). The van der Waals surface area contributed by atoms with E-state index in [1.807, 2.05) is 0 Å². The third-order valence-corrected chi connectivity index (χ3v) is 6.95. The maximum atomic E-state index is 12.4. The molecular weight excluding hydrogens is 744 g/mol. The Morgan fingerprint density at radius 2 is 0.649 bits per heavy atom. The second-order valence-electron chi connectivity index (χ2n) is 11.7. The van der Waals surface area contributed by atoms with Crippen LogP contribution in [0.5, 0.6) is 0 Å². The van der Waals surface area contributed by atoms with Crippen LogP contribution in [0.25, 0.3) is 0 Å². The Hall–Kier alpha value is -7.89. The van der Waals surface area contributed by atoms with Gasteiger partial charge in [-0.15, -0.1) is 0 Å². The van der Waals surface area contributed by atoms with Gasteiger partial charge in [0, 0.05) is 33.8 Å². The van der Waals surface area contributed by atoms with Crippen LogP contribution in [0, 0.1) is 0 Å². The minimum atomic E-state index is -0.731. The number of nitrogens with one attached hydrogen (secondary N) is 3. The maximum Gasteiger partial charge on any atom is 0.341 e. The number of rotatable bonds is 18. The van der Waals surface area contributed by atoms with Gasteiger partial charge in [0.25, 0.3) is 0 Å². The summed E-state index contributed by atoms with van der Waals surface area (Å²) in [7, 11) is 0. The minimum Gasteiger partial charge on any atom is -0.425 e. The summed E-state index contributed by atoms with van der Waals surface area (Å²) in [5.74, 6) is -4.10. The minimum absolute atomic E-state index is 0.0612. The summed E-state index contributed by atoms with van der Waals surface area (Å²) >= 11 is 0. The summed E-state index contributed by atoms with van der Waals surface area (Å²) < 4.78 is 29.3. The lowest BCUT2D eigenvalue weighted by molar-refractivity contribution is -0.148. The normalized spacial score (nSPS) is 10.2. The molecule has 18 heteroatoms. The second-order valence-corrected chi connectivity index (χ2v) is 11.7. The SMILES string of the molecule is C=C(C)C(=O)OCOC(=O)c1ccc(Nc2nc(Nc3ccc(C(=O)OCOC(=O)C(=C)C)cc3)nc(Nc3ccc(C(=O)OCOC(=O)C(=C)C)cc3)n2)cc1. The molecule has 0 unspecified atom stereocenters. The van der Waals surface area contributed by atoms with Gasteiger partial charge in [0.05, 0.1) is 16.7 Å². The zero-order valence-corrected chi connectivity index (χ0v) is 30.9. The topological polar surface area (TPSA) is 233 Å². The first kappa shape index (κ1) is 41.9. The number of anilines is 6. The number of esters is 6. The molecule has 0 atom stereocenters. The first-order valence-corrected chi connectivity index (χ1v) is 16.5. The van der Waals surface area contributed by atoms with E-state index in [9.17, 15) is 28.8 Å². The highest BCUT2D eigenvalue weighted by atomic mass is 16.7. The first-order chi connectivity index (χ1) is 27.2. The fourth-order valence-electron chi connectivity index (χ4n) is 4.03. The van der Waals surface area contributed by atoms with Crippen molar-refractivity contribution in [2.45, 2.75) is 20.8 Å². The van der Waals surface area contributed by atoms with Crippen LogP contribution in [0.1, 0.15) is 51.8 Å². The average molecular weight is 781 g/mol. The lowest BCUT2D eigenvalue weighted by atomic mass is 10.2. The van der Waals surface area contributed by atoms with Gasteiger partial charge >= 0.3 is 35.8 Å². The van der Waals surface area contributed by atoms with E-state index in [0.717, 1.165) is 0 Å². The number of aromatic nitrogens is 3. The van der Waals surface area contributed by atoms with Crippen LogP contribution in [0.4, 0.5) is 34.9 Å². The number of nitrogens with zero attached hydrogens (tertiary/aromatic N) is 3. The van der Waals surface area contributed by atoms with Crippen LogP contribution in [0.15, 0.2) is 109 Å². The number of carbonyl (C=O) groups excluding carboxylic acids is 6. The van der Waals surface area contributed by atoms with E-state index in [0.29, 0.717) is 17.1 Å². The van der Waals surface area contributed by atoms with Crippen LogP contribution < -0.4 is 16.0 Å². The number of hydrogen-bond donors (Lipinski definition) is 3. The third kappa shape index (κ3) is 13.2. The molecule has 0 aliphatic heterocycles. The molecular formula is C39H36N6O12.